The van der Waals surface area contributed by atoms with Crippen LogP contribution in [0.15, 0.2) is 47.3 Å². The average molecular weight is 354 g/mol. The summed E-state index contributed by atoms with van der Waals surface area (Å²) in [7, 11) is 1.55. The van der Waals surface area contributed by atoms with Crippen molar-refractivity contribution in [2.24, 2.45) is 0 Å². The third-order valence-corrected chi connectivity index (χ3v) is 4.26. The van der Waals surface area contributed by atoms with Gasteiger partial charge in [0.15, 0.2) is 0 Å². The number of methoxy groups -OCH3 is 1. The minimum Gasteiger partial charge on any atom is -0.495 e. The Morgan fingerprint density at radius 3 is 2.77 bits per heavy atom. The highest BCUT2D eigenvalue weighted by Gasteiger charge is 2.10. The predicted molar refractivity (Wildman–Crippen MR) is 98.3 cm³/mol. The Bertz CT molecular complexity index is 1030. The number of carbonyl (C=O) groups excluding carboxylic acids is 1. The second-order valence-electron chi connectivity index (χ2n) is 6.01. The van der Waals surface area contributed by atoms with Crippen molar-refractivity contribution in [2.45, 2.75) is 13.3 Å². The maximum Gasteiger partial charge on any atom is 0.251 e. The van der Waals surface area contributed by atoms with Crippen molar-refractivity contribution >= 4 is 16.8 Å². The topological polar surface area (TPSA) is 71.2 Å². The molecule has 2 N–H and O–H groups in total. The Labute approximate surface area is 149 Å². The number of halogens is 1. The molecule has 0 atom stereocenters. The van der Waals surface area contributed by atoms with E-state index in [0.717, 1.165) is 10.9 Å². The number of fused-ring (bicyclic) bond motifs is 1. The Hall–Kier alpha value is -3.15. The standard InChI is InChI=1S/C20H19FN2O3/c1-12-6-7-17(26-2)18-16(12)11-14(20(25)23-18)8-9-22-19(24)13-4-3-5-15(21)10-13/h3-7,10-11H,8-9H2,1-2H3,(H,22,24)(H,23,25). The average Bonchev–Trinajstić information content (AvgIpc) is 2.63. The van der Waals surface area contributed by atoms with Crippen molar-refractivity contribution in [3.63, 3.8) is 0 Å². The first-order chi connectivity index (χ1) is 12.5. The van der Waals surface area contributed by atoms with Gasteiger partial charge in [0.1, 0.15) is 11.6 Å². The highest BCUT2D eigenvalue weighted by molar-refractivity contribution is 5.94. The second kappa shape index (κ2) is 7.39. The van der Waals surface area contributed by atoms with Crippen LogP contribution in [0.5, 0.6) is 5.75 Å². The van der Waals surface area contributed by atoms with Gasteiger partial charge < -0.3 is 15.0 Å². The summed E-state index contributed by atoms with van der Waals surface area (Å²) in [5.41, 5.74) is 2.26. The van der Waals surface area contributed by atoms with E-state index in [1.807, 2.05) is 25.1 Å². The van der Waals surface area contributed by atoms with Gasteiger partial charge in [-0.2, -0.15) is 0 Å². The summed E-state index contributed by atoms with van der Waals surface area (Å²) >= 11 is 0. The van der Waals surface area contributed by atoms with Gasteiger partial charge in [-0.15, -0.1) is 0 Å². The fourth-order valence-corrected chi connectivity index (χ4v) is 2.85. The Morgan fingerprint density at radius 1 is 1.23 bits per heavy atom. The number of nitrogens with one attached hydrogen (secondary N) is 2. The maximum atomic E-state index is 13.2. The summed E-state index contributed by atoms with van der Waals surface area (Å²) in [6.45, 7) is 2.22. The number of benzene rings is 2. The van der Waals surface area contributed by atoms with Crippen LogP contribution in [0.3, 0.4) is 0 Å². The molecule has 6 heteroatoms. The molecule has 5 nitrogen and oxygen atoms in total. The van der Waals surface area contributed by atoms with E-state index in [0.29, 0.717) is 23.3 Å². The number of pyridine rings is 1. The van der Waals surface area contributed by atoms with Gasteiger partial charge >= 0.3 is 0 Å². The van der Waals surface area contributed by atoms with Crippen molar-refractivity contribution in [1.29, 1.82) is 0 Å². The van der Waals surface area contributed by atoms with Gasteiger partial charge in [-0.05, 0) is 49.2 Å². The number of aromatic amines is 1. The second-order valence-corrected chi connectivity index (χ2v) is 6.01. The first-order valence-electron chi connectivity index (χ1n) is 8.23. The van der Waals surface area contributed by atoms with E-state index in [-0.39, 0.29) is 23.6 Å². The predicted octanol–water partition coefficient (Wildman–Crippen LogP) is 2.96. The zero-order valence-corrected chi connectivity index (χ0v) is 14.6. The van der Waals surface area contributed by atoms with Gasteiger partial charge in [0.25, 0.3) is 11.5 Å². The summed E-state index contributed by atoms with van der Waals surface area (Å²) < 4.78 is 18.5. The molecule has 0 bridgehead atoms. The minimum absolute atomic E-state index is 0.221. The molecule has 1 aromatic heterocycles. The van der Waals surface area contributed by atoms with E-state index >= 15 is 0 Å². The van der Waals surface area contributed by atoms with Gasteiger partial charge in [0.2, 0.25) is 0 Å². The molecule has 0 aliphatic rings. The number of ether oxygens (including phenoxy) is 1. The van der Waals surface area contributed by atoms with Crippen LogP contribution < -0.4 is 15.6 Å². The highest BCUT2D eigenvalue weighted by Crippen LogP contribution is 2.25. The van der Waals surface area contributed by atoms with Crippen LogP contribution >= 0.6 is 0 Å². The Balaban J connectivity index is 1.77. The van der Waals surface area contributed by atoms with Gasteiger partial charge in [-0.1, -0.05) is 12.1 Å². The minimum atomic E-state index is -0.465. The fourth-order valence-electron chi connectivity index (χ4n) is 2.85. The number of rotatable bonds is 5. The molecule has 0 aliphatic heterocycles. The number of carbonyl (C=O) groups is 1. The molecule has 1 heterocycles. The van der Waals surface area contributed by atoms with Crippen LogP contribution in [0.25, 0.3) is 10.9 Å². The zero-order valence-electron chi connectivity index (χ0n) is 14.6. The quantitative estimate of drug-likeness (QED) is 0.740. The molecular weight excluding hydrogens is 335 g/mol. The number of hydrogen-bond acceptors (Lipinski definition) is 3. The summed E-state index contributed by atoms with van der Waals surface area (Å²) in [6.07, 6.45) is 0.364. The van der Waals surface area contributed by atoms with Crippen LogP contribution in [-0.4, -0.2) is 24.5 Å². The molecule has 134 valence electrons. The lowest BCUT2D eigenvalue weighted by molar-refractivity contribution is 0.0953. The Kier molecular flexibility index (Phi) is 5.02. The van der Waals surface area contributed by atoms with Crippen molar-refractivity contribution in [1.82, 2.24) is 10.3 Å². The first-order valence-corrected chi connectivity index (χ1v) is 8.23. The smallest absolute Gasteiger partial charge is 0.251 e. The number of hydrogen-bond donors (Lipinski definition) is 2. The molecule has 0 radical (unpaired) electrons. The summed E-state index contributed by atoms with van der Waals surface area (Å²) in [5.74, 6) is -0.235. The SMILES string of the molecule is COc1ccc(C)c2cc(CCNC(=O)c3cccc(F)c3)c(=O)[nH]c12. The van der Waals surface area contributed by atoms with Crippen LogP contribution in [0.4, 0.5) is 4.39 Å². The monoisotopic (exact) mass is 354 g/mol. The van der Waals surface area contributed by atoms with Crippen LogP contribution in [0.2, 0.25) is 0 Å². The third kappa shape index (κ3) is 3.59. The van der Waals surface area contributed by atoms with Crippen molar-refractivity contribution in [2.75, 3.05) is 13.7 Å². The molecule has 0 spiro atoms. The van der Waals surface area contributed by atoms with E-state index in [2.05, 4.69) is 10.3 Å². The molecule has 0 saturated heterocycles. The number of amides is 1. The number of aromatic nitrogens is 1. The van der Waals surface area contributed by atoms with E-state index in [1.54, 1.807) is 7.11 Å². The van der Waals surface area contributed by atoms with Crippen molar-refractivity contribution < 1.29 is 13.9 Å². The van der Waals surface area contributed by atoms with Crippen LogP contribution in [-0.2, 0) is 6.42 Å². The molecule has 0 unspecified atom stereocenters. The molecule has 3 aromatic rings. The van der Waals surface area contributed by atoms with Crippen LogP contribution in [0, 0.1) is 12.7 Å². The molecule has 3 rings (SSSR count). The lowest BCUT2D eigenvalue weighted by Crippen LogP contribution is -2.27. The Morgan fingerprint density at radius 2 is 2.04 bits per heavy atom. The van der Waals surface area contributed by atoms with Gasteiger partial charge in [-0.25, -0.2) is 4.39 Å². The van der Waals surface area contributed by atoms with Crippen LogP contribution in [0.1, 0.15) is 21.5 Å². The number of H-pyrrole nitrogens is 1. The molecular formula is C20H19FN2O3. The lowest BCUT2D eigenvalue weighted by atomic mass is 10.1. The van der Waals surface area contributed by atoms with E-state index < -0.39 is 5.82 Å². The van der Waals surface area contributed by atoms with Gasteiger partial charge in [-0.3, -0.25) is 9.59 Å². The largest absolute Gasteiger partial charge is 0.495 e. The van der Waals surface area contributed by atoms with Gasteiger partial charge in [0.05, 0.1) is 12.6 Å². The fraction of sp³-hybridized carbons (Fsp3) is 0.200. The summed E-state index contributed by atoms with van der Waals surface area (Å²) in [6, 6.07) is 11.0. The van der Waals surface area contributed by atoms with E-state index in [9.17, 15) is 14.0 Å². The molecule has 0 saturated carbocycles. The van der Waals surface area contributed by atoms with E-state index in [4.69, 9.17) is 4.74 Å². The normalized spacial score (nSPS) is 10.7. The van der Waals surface area contributed by atoms with Crippen molar-refractivity contribution in [3.8, 4) is 5.75 Å². The molecule has 1 amide bonds. The number of aryl methyl sites for hydroxylation is 1. The highest BCUT2D eigenvalue weighted by atomic mass is 19.1. The zero-order chi connectivity index (χ0) is 18.7. The van der Waals surface area contributed by atoms with E-state index in [1.165, 1.54) is 24.3 Å². The third-order valence-electron chi connectivity index (χ3n) is 4.26. The summed E-state index contributed by atoms with van der Waals surface area (Å²) in [5, 5.41) is 3.60. The lowest BCUT2D eigenvalue weighted by Gasteiger charge is -2.10. The van der Waals surface area contributed by atoms with Crippen molar-refractivity contribution in [3.05, 3.63) is 75.3 Å². The molecule has 2 aromatic carbocycles. The maximum absolute atomic E-state index is 13.2. The molecule has 26 heavy (non-hydrogen) atoms. The summed E-state index contributed by atoms with van der Waals surface area (Å²) in [4.78, 5) is 27.2. The molecule has 0 fully saturated rings. The van der Waals surface area contributed by atoms with Gasteiger partial charge in [0, 0.05) is 23.1 Å². The molecule has 0 aliphatic carbocycles. The first kappa shape index (κ1) is 17.7.